The van der Waals surface area contributed by atoms with E-state index in [4.69, 9.17) is 9.15 Å². The summed E-state index contributed by atoms with van der Waals surface area (Å²) >= 11 is 0. The highest BCUT2D eigenvalue weighted by atomic mass is 32.2. The molecule has 0 aliphatic carbocycles. The Morgan fingerprint density at radius 2 is 1.96 bits per heavy atom. The summed E-state index contributed by atoms with van der Waals surface area (Å²) in [6.45, 7) is 0.824. The summed E-state index contributed by atoms with van der Waals surface area (Å²) in [6.07, 6.45) is 1.56. The molecule has 0 radical (unpaired) electrons. The molecule has 1 saturated heterocycles. The predicted octanol–water partition coefficient (Wildman–Crippen LogP) is 2.23. The fourth-order valence-corrected chi connectivity index (χ4v) is 4.16. The van der Waals surface area contributed by atoms with E-state index in [9.17, 15) is 23.3 Å². The second kappa shape index (κ2) is 7.37. The Kier molecular flexibility index (Phi) is 5.15. The minimum Gasteiger partial charge on any atom is -0.495 e. The molecule has 1 fully saturated rings. The summed E-state index contributed by atoms with van der Waals surface area (Å²) in [6, 6.07) is 6.18. The van der Waals surface area contributed by atoms with Gasteiger partial charge in [0.05, 0.1) is 17.7 Å². The van der Waals surface area contributed by atoms with Crippen LogP contribution >= 0.6 is 0 Å². The van der Waals surface area contributed by atoms with Gasteiger partial charge in [0.1, 0.15) is 5.75 Å². The van der Waals surface area contributed by atoms with Crippen molar-refractivity contribution in [2.75, 3.05) is 25.5 Å². The van der Waals surface area contributed by atoms with Crippen molar-refractivity contribution in [3.05, 3.63) is 46.2 Å². The van der Waals surface area contributed by atoms with E-state index < -0.39 is 20.9 Å². The van der Waals surface area contributed by atoms with Gasteiger partial charge < -0.3 is 14.5 Å². The van der Waals surface area contributed by atoms with Crippen molar-refractivity contribution in [2.45, 2.75) is 17.9 Å². The molecule has 1 aliphatic rings. The topological polar surface area (TPSA) is 132 Å². The van der Waals surface area contributed by atoms with Gasteiger partial charge in [-0.1, -0.05) is 0 Å². The van der Waals surface area contributed by atoms with Crippen LogP contribution in [0.2, 0.25) is 0 Å². The molecular formula is C16H17N3O7S. The van der Waals surface area contributed by atoms with Crippen LogP contribution in [-0.4, -0.2) is 43.8 Å². The van der Waals surface area contributed by atoms with Gasteiger partial charge in [-0.3, -0.25) is 14.9 Å². The first kappa shape index (κ1) is 18.9. The lowest BCUT2D eigenvalue weighted by Crippen LogP contribution is -2.27. The van der Waals surface area contributed by atoms with Crippen LogP contribution in [0.5, 0.6) is 5.75 Å². The number of methoxy groups -OCH3 is 1. The van der Waals surface area contributed by atoms with E-state index >= 15 is 0 Å². The first-order valence-electron chi connectivity index (χ1n) is 8.06. The molecule has 3 rings (SSSR count). The van der Waals surface area contributed by atoms with E-state index in [1.54, 1.807) is 0 Å². The number of rotatable bonds is 6. The summed E-state index contributed by atoms with van der Waals surface area (Å²) in [5, 5.41) is 13.0. The van der Waals surface area contributed by atoms with E-state index in [1.807, 2.05) is 0 Å². The van der Waals surface area contributed by atoms with Crippen molar-refractivity contribution < 1.29 is 27.3 Å². The third-order valence-electron chi connectivity index (χ3n) is 4.11. The molecule has 1 aliphatic heterocycles. The number of nitro benzene ring substituents is 1. The number of hydrogen-bond acceptors (Lipinski definition) is 7. The van der Waals surface area contributed by atoms with Crippen LogP contribution < -0.4 is 10.1 Å². The van der Waals surface area contributed by atoms with Gasteiger partial charge in [0.2, 0.25) is 5.09 Å². The molecule has 27 heavy (non-hydrogen) atoms. The third kappa shape index (κ3) is 3.78. The average molecular weight is 395 g/mol. The summed E-state index contributed by atoms with van der Waals surface area (Å²) in [7, 11) is -2.43. The highest BCUT2D eigenvalue weighted by Crippen LogP contribution is 2.30. The van der Waals surface area contributed by atoms with Gasteiger partial charge in [-0.05, 0) is 31.0 Å². The maximum absolute atomic E-state index is 12.5. The number of sulfonamides is 1. The number of anilines is 1. The van der Waals surface area contributed by atoms with Crippen molar-refractivity contribution >= 4 is 27.3 Å². The molecular weight excluding hydrogens is 378 g/mol. The Balaban J connectivity index is 1.83. The van der Waals surface area contributed by atoms with E-state index in [2.05, 4.69) is 5.32 Å². The highest BCUT2D eigenvalue weighted by molar-refractivity contribution is 7.89. The zero-order valence-corrected chi connectivity index (χ0v) is 15.2. The zero-order chi connectivity index (χ0) is 19.6. The van der Waals surface area contributed by atoms with Crippen LogP contribution in [0, 0.1) is 10.1 Å². The Morgan fingerprint density at radius 1 is 1.26 bits per heavy atom. The lowest BCUT2D eigenvalue weighted by molar-refractivity contribution is -0.384. The lowest BCUT2D eigenvalue weighted by atomic mass is 10.2. The summed E-state index contributed by atoms with van der Waals surface area (Å²) in [5.74, 6) is -0.775. The molecule has 1 aromatic carbocycles. The maximum atomic E-state index is 12.5. The molecule has 0 saturated carbocycles. The summed E-state index contributed by atoms with van der Waals surface area (Å²) < 4.78 is 36.5. The fraction of sp³-hybridized carbons (Fsp3) is 0.312. The molecule has 2 heterocycles. The van der Waals surface area contributed by atoms with Crippen LogP contribution in [0.3, 0.4) is 0 Å². The first-order chi connectivity index (χ1) is 12.8. The number of carbonyl (C=O) groups excluding carboxylic acids is 1. The van der Waals surface area contributed by atoms with E-state index in [0.29, 0.717) is 13.1 Å². The molecule has 1 amide bonds. The zero-order valence-electron chi connectivity index (χ0n) is 14.4. The number of nitrogens with one attached hydrogen (secondary N) is 1. The molecule has 10 nitrogen and oxygen atoms in total. The van der Waals surface area contributed by atoms with Crippen LogP contribution in [0.15, 0.2) is 39.8 Å². The van der Waals surface area contributed by atoms with Crippen molar-refractivity contribution in [1.29, 1.82) is 0 Å². The molecule has 0 atom stereocenters. The molecule has 144 valence electrons. The molecule has 1 aromatic heterocycles. The number of non-ortho nitro benzene ring substituents is 1. The second-order valence-electron chi connectivity index (χ2n) is 5.83. The normalized spacial score (nSPS) is 14.9. The fourth-order valence-electron chi connectivity index (χ4n) is 2.73. The lowest BCUT2D eigenvalue weighted by Gasteiger charge is -2.12. The molecule has 2 aromatic rings. The third-order valence-corrected chi connectivity index (χ3v) is 5.88. The number of furan rings is 1. The number of benzene rings is 1. The molecule has 0 unspecified atom stereocenters. The number of carbonyl (C=O) groups is 1. The number of ether oxygens (including phenoxy) is 1. The largest absolute Gasteiger partial charge is 0.495 e. The highest BCUT2D eigenvalue weighted by Gasteiger charge is 2.30. The Hall–Kier alpha value is -2.92. The van der Waals surface area contributed by atoms with Crippen LogP contribution in [0.25, 0.3) is 0 Å². The number of hydrogen-bond donors (Lipinski definition) is 1. The second-order valence-corrected chi connectivity index (χ2v) is 7.69. The van der Waals surface area contributed by atoms with Crippen molar-refractivity contribution in [2.24, 2.45) is 0 Å². The number of nitro groups is 1. The van der Waals surface area contributed by atoms with Gasteiger partial charge in [-0.25, -0.2) is 8.42 Å². The molecule has 11 heteroatoms. The number of amides is 1. The first-order valence-corrected chi connectivity index (χ1v) is 9.50. The SMILES string of the molecule is COc1ccc([N+](=O)[O-])cc1NC(=O)c1ccc(S(=O)(=O)N2CCCC2)o1. The van der Waals surface area contributed by atoms with E-state index in [-0.39, 0.29) is 28.0 Å². The van der Waals surface area contributed by atoms with Crippen molar-refractivity contribution in [1.82, 2.24) is 4.31 Å². The van der Waals surface area contributed by atoms with Gasteiger partial charge >= 0.3 is 0 Å². The minimum atomic E-state index is -3.78. The Morgan fingerprint density at radius 3 is 2.59 bits per heavy atom. The molecule has 0 bridgehead atoms. The number of nitrogens with zero attached hydrogens (tertiary/aromatic N) is 2. The molecule has 0 spiro atoms. The van der Waals surface area contributed by atoms with E-state index in [0.717, 1.165) is 18.9 Å². The minimum absolute atomic E-state index is 0.0667. The summed E-state index contributed by atoms with van der Waals surface area (Å²) in [4.78, 5) is 22.7. The quantitative estimate of drug-likeness (QED) is 0.586. The van der Waals surface area contributed by atoms with Crippen molar-refractivity contribution in [3.63, 3.8) is 0 Å². The Bertz CT molecular complexity index is 978. The van der Waals surface area contributed by atoms with Crippen LogP contribution in [-0.2, 0) is 10.0 Å². The van der Waals surface area contributed by atoms with Gasteiger partial charge in [-0.2, -0.15) is 4.31 Å². The predicted molar refractivity (Wildman–Crippen MR) is 94.3 cm³/mol. The van der Waals surface area contributed by atoms with Gasteiger partial charge in [0.25, 0.3) is 21.6 Å². The van der Waals surface area contributed by atoms with Gasteiger partial charge in [-0.15, -0.1) is 0 Å². The Labute approximate surface area is 154 Å². The van der Waals surface area contributed by atoms with Crippen LogP contribution in [0.1, 0.15) is 23.4 Å². The van der Waals surface area contributed by atoms with Crippen molar-refractivity contribution in [3.8, 4) is 5.75 Å². The maximum Gasteiger partial charge on any atom is 0.291 e. The average Bonchev–Trinajstić information content (AvgIpc) is 3.33. The smallest absolute Gasteiger partial charge is 0.291 e. The standard InChI is InChI=1S/C16H17N3O7S/c1-25-13-5-4-11(19(21)22)10-12(13)17-16(20)14-6-7-15(26-14)27(23,24)18-8-2-3-9-18/h4-7,10H,2-3,8-9H2,1H3,(H,17,20). The van der Waals surface area contributed by atoms with E-state index in [1.165, 1.54) is 35.7 Å². The monoisotopic (exact) mass is 395 g/mol. The molecule has 1 N–H and O–H groups in total. The van der Waals surface area contributed by atoms with Gasteiger partial charge in [0.15, 0.2) is 5.76 Å². The van der Waals surface area contributed by atoms with Crippen LogP contribution in [0.4, 0.5) is 11.4 Å². The van der Waals surface area contributed by atoms with Gasteiger partial charge in [0, 0.05) is 25.2 Å². The summed E-state index contributed by atoms with van der Waals surface area (Å²) in [5.41, 5.74) is -0.167.